The van der Waals surface area contributed by atoms with Gasteiger partial charge in [0.2, 0.25) is 0 Å². The van der Waals surface area contributed by atoms with Crippen LogP contribution in [0.15, 0.2) is 24.3 Å². The lowest BCUT2D eigenvalue weighted by Gasteiger charge is -2.33. The summed E-state index contributed by atoms with van der Waals surface area (Å²) < 4.78 is 11.7. The zero-order valence-electron chi connectivity index (χ0n) is 16.3. The molecular formula is C19H35BClN3O2. The van der Waals surface area contributed by atoms with Gasteiger partial charge >= 0.3 is 7.12 Å². The number of benzene rings is 1. The number of nitrogens with two attached hydrogens (primary N) is 2. The largest absolute Gasteiger partial charge is 0.493 e. The maximum Gasteiger partial charge on any atom is 0.493 e. The van der Waals surface area contributed by atoms with Crippen LogP contribution in [0.25, 0.3) is 0 Å². The number of nitrogens with zero attached hydrogens (tertiary/aromatic N) is 1. The minimum absolute atomic E-state index is 0. The van der Waals surface area contributed by atoms with Crippen LogP contribution in [0.1, 0.15) is 38.7 Å². The fourth-order valence-corrected chi connectivity index (χ4v) is 2.99. The maximum absolute atomic E-state index is 5.86. The summed E-state index contributed by atoms with van der Waals surface area (Å²) in [6.45, 7) is 10.3. The van der Waals surface area contributed by atoms with E-state index < -0.39 is 0 Å². The molecule has 4 N–H and O–H groups in total. The standard InChI is InChI=1S/C19H34BN3O2.ClH/c1-19(2)15-24-20(25-16-19)18-8-6-17(7-9-18)14-23(13-5-11-22)12-4-3-10-21;/h6-9H,3-5,10-16,21-22H2,1-2H3;1H. The van der Waals surface area contributed by atoms with Gasteiger partial charge in [0.1, 0.15) is 0 Å². The second-order valence-electron chi connectivity index (χ2n) is 7.77. The Morgan fingerprint density at radius 3 is 2.12 bits per heavy atom. The zero-order valence-corrected chi connectivity index (χ0v) is 17.1. The number of halogens is 1. The van der Waals surface area contributed by atoms with E-state index in [4.69, 9.17) is 20.8 Å². The quantitative estimate of drug-likeness (QED) is 0.476. The third-order valence-electron chi connectivity index (χ3n) is 4.52. The molecule has 26 heavy (non-hydrogen) atoms. The molecule has 148 valence electrons. The van der Waals surface area contributed by atoms with Crippen molar-refractivity contribution in [3.63, 3.8) is 0 Å². The summed E-state index contributed by atoms with van der Waals surface area (Å²) in [7, 11) is -0.236. The molecule has 1 fully saturated rings. The van der Waals surface area contributed by atoms with E-state index in [1.165, 1.54) is 5.56 Å². The Morgan fingerprint density at radius 1 is 0.962 bits per heavy atom. The van der Waals surface area contributed by atoms with Gasteiger partial charge in [0, 0.05) is 25.2 Å². The van der Waals surface area contributed by atoms with E-state index in [2.05, 4.69) is 43.0 Å². The highest BCUT2D eigenvalue weighted by atomic mass is 35.5. The Labute approximate surface area is 165 Å². The van der Waals surface area contributed by atoms with Crippen molar-refractivity contribution < 1.29 is 9.31 Å². The number of hydrogen-bond acceptors (Lipinski definition) is 5. The van der Waals surface area contributed by atoms with Gasteiger partial charge in [0.15, 0.2) is 0 Å². The van der Waals surface area contributed by atoms with Gasteiger partial charge < -0.3 is 20.8 Å². The monoisotopic (exact) mass is 383 g/mol. The van der Waals surface area contributed by atoms with Gasteiger partial charge in [-0.1, -0.05) is 38.1 Å². The maximum atomic E-state index is 5.86. The predicted octanol–water partition coefficient (Wildman–Crippen LogP) is 1.77. The highest BCUT2D eigenvalue weighted by molar-refractivity contribution is 6.61. The topological polar surface area (TPSA) is 73.7 Å². The third kappa shape index (κ3) is 7.95. The van der Waals surface area contributed by atoms with E-state index >= 15 is 0 Å². The lowest BCUT2D eigenvalue weighted by Crippen LogP contribution is -2.47. The van der Waals surface area contributed by atoms with E-state index in [0.717, 1.165) is 70.7 Å². The molecule has 1 saturated heterocycles. The van der Waals surface area contributed by atoms with Crippen molar-refractivity contribution >= 4 is 25.0 Å². The molecule has 0 aliphatic carbocycles. The summed E-state index contributed by atoms with van der Waals surface area (Å²) in [5.41, 5.74) is 13.8. The van der Waals surface area contributed by atoms with Gasteiger partial charge in [-0.15, -0.1) is 12.4 Å². The second-order valence-corrected chi connectivity index (χ2v) is 7.77. The molecule has 1 heterocycles. The lowest BCUT2D eigenvalue weighted by molar-refractivity contribution is 0.0343. The molecular weight excluding hydrogens is 348 g/mol. The molecule has 5 nitrogen and oxygen atoms in total. The molecule has 0 unspecified atom stereocenters. The van der Waals surface area contributed by atoms with Crippen molar-refractivity contribution in [1.29, 1.82) is 0 Å². The first-order valence-corrected chi connectivity index (χ1v) is 9.48. The van der Waals surface area contributed by atoms with Crippen LogP contribution < -0.4 is 16.9 Å². The van der Waals surface area contributed by atoms with Gasteiger partial charge in [-0.05, 0) is 56.5 Å². The van der Waals surface area contributed by atoms with Crippen LogP contribution in [-0.2, 0) is 15.9 Å². The summed E-state index contributed by atoms with van der Waals surface area (Å²) in [4.78, 5) is 2.47. The highest BCUT2D eigenvalue weighted by Crippen LogP contribution is 2.21. The molecule has 7 heteroatoms. The highest BCUT2D eigenvalue weighted by Gasteiger charge is 2.33. The third-order valence-corrected chi connectivity index (χ3v) is 4.52. The molecule has 1 aliphatic heterocycles. The first kappa shape index (κ1) is 23.4. The van der Waals surface area contributed by atoms with E-state index in [1.54, 1.807) is 0 Å². The number of rotatable bonds is 10. The fraction of sp³-hybridized carbons (Fsp3) is 0.684. The molecule has 1 aromatic carbocycles. The molecule has 1 aliphatic rings. The van der Waals surface area contributed by atoms with Crippen LogP contribution in [0.4, 0.5) is 0 Å². The van der Waals surface area contributed by atoms with Crippen molar-refractivity contribution in [2.45, 2.75) is 39.7 Å². The van der Waals surface area contributed by atoms with Crippen LogP contribution in [0.3, 0.4) is 0 Å². The minimum Gasteiger partial charge on any atom is -0.407 e. The van der Waals surface area contributed by atoms with Crippen LogP contribution in [-0.4, -0.2) is 51.4 Å². The first-order valence-electron chi connectivity index (χ1n) is 9.48. The van der Waals surface area contributed by atoms with Crippen molar-refractivity contribution in [2.75, 3.05) is 39.4 Å². The average Bonchev–Trinajstić information content (AvgIpc) is 2.60. The molecule has 0 radical (unpaired) electrons. The zero-order chi connectivity index (χ0) is 18.1. The average molecular weight is 384 g/mol. The Kier molecular flexibility index (Phi) is 10.8. The van der Waals surface area contributed by atoms with Crippen LogP contribution in [0.2, 0.25) is 0 Å². The van der Waals surface area contributed by atoms with Crippen molar-refractivity contribution in [2.24, 2.45) is 16.9 Å². The van der Waals surface area contributed by atoms with Gasteiger partial charge in [-0.25, -0.2) is 0 Å². The molecule has 0 saturated carbocycles. The van der Waals surface area contributed by atoms with Crippen molar-refractivity contribution in [1.82, 2.24) is 4.90 Å². The fourth-order valence-electron chi connectivity index (χ4n) is 2.99. The minimum atomic E-state index is -0.236. The van der Waals surface area contributed by atoms with Crippen molar-refractivity contribution in [3.8, 4) is 0 Å². The summed E-state index contributed by atoms with van der Waals surface area (Å²) in [6, 6.07) is 8.61. The van der Waals surface area contributed by atoms with E-state index in [-0.39, 0.29) is 24.9 Å². The Hall–Kier alpha value is -0.625. The molecule has 0 atom stereocenters. The summed E-state index contributed by atoms with van der Waals surface area (Å²) in [5, 5.41) is 0. The molecule has 1 aromatic rings. The molecule has 0 bridgehead atoms. The number of hydrogen-bond donors (Lipinski definition) is 2. The Bertz CT molecular complexity index is 492. The molecule has 0 aromatic heterocycles. The smallest absolute Gasteiger partial charge is 0.407 e. The van der Waals surface area contributed by atoms with Crippen LogP contribution in [0.5, 0.6) is 0 Å². The van der Waals surface area contributed by atoms with E-state index in [1.807, 2.05) is 0 Å². The van der Waals surface area contributed by atoms with Gasteiger partial charge in [-0.2, -0.15) is 0 Å². The van der Waals surface area contributed by atoms with Gasteiger partial charge in [0.25, 0.3) is 0 Å². The van der Waals surface area contributed by atoms with Gasteiger partial charge in [-0.3, -0.25) is 4.90 Å². The number of unbranched alkanes of at least 4 members (excludes halogenated alkanes) is 1. The van der Waals surface area contributed by atoms with Crippen LogP contribution >= 0.6 is 12.4 Å². The van der Waals surface area contributed by atoms with E-state index in [9.17, 15) is 0 Å². The normalized spacial score (nSPS) is 16.6. The van der Waals surface area contributed by atoms with Crippen molar-refractivity contribution in [3.05, 3.63) is 29.8 Å². The van der Waals surface area contributed by atoms with Gasteiger partial charge in [0.05, 0.1) is 0 Å². The lowest BCUT2D eigenvalue weighted by atomic mass is 9.75. The molecule has 0 spiro atoms. The summed E-state index contributed by atoms with van der Waals surface area (Å²) >= 11 is 0. The predicted molar refractivity (Wildman–Crippen MR) is 112 cm³/mol. The first-order chi connectivity index (χ1) is 12.0. The van der Waals surface area contributed by atoms with Crippen LogP contribution in [0, 0.1) is 5.41 Å². The van der Waals surface area contributed by atoms with E-state index in [0.29, 0.717) is 0 Å². The Balaban J connectivity index is 0.00000338. The summed E-state index contributed by atoms with van der Waals surface area (Å²) in [6.07, 6.45) is 3.24. The molecule has 2 rings (SSSR count). The Morgan fingerprint density at radius 2 is 1.54 bits per heavy atom. The second kappa shape index (κ2) is 12.0. The summed E-state index contributed by atoms with van der Waals surface area (Å²) in [5.74, 6) is 0. The molecule has 0 amide bonds. The SMILES string of the molecule is CC1(C)COB(c2ccc(CN(CCCN)CCCCN)cc2)OC1.Cl.